The quantitative estimate of drug-likeness (QED) is 0.355. The van der Waals surface area contributed by atoms with E-state index in [0.717, 1.165) is 58.3 Å². The average molecular weight is 565 g/mol. The first-order chi connectivity index (χ1) is 17.9. The molecule has 2 aromatic rings. The van der Waals surface area contributed by atoms with E-state index < -0.39 is 0 Å². The topological polar surface area (TPSA) is 55.8 Å². The van der Waals surface area contributed by atoms with Crippen molar-refractivity contribution in [2.75, 3.05) is 6.61 Å². The number of ketones is 2. The number of carbonyl (C=O) groups is 2. The van der Waals surface area contributed by atoms with Gasteiger partial charge in [0.2, 0.25) is 0 Å². The fraction of sp³-hybridized carbons (Fsp3) is 0.419. The van der Waals surface area contributed by atoms with Crippen LogP contribution in [-0.2, 0) is 16.1 Å². The number of Topliss-reactive ketones (excluding diaryl/α,β-unsaturated/α-hetero) is 2. The van der Waals surface area contributed by atoms with Gasteiger partial charge in [0.15, 0.2) is 23.1 Å². The number of ether oxygens (including phenoxy) is 2. The van der Waals surface area contributed by atoms with E-state index >= 15 is 0 Å². The smallest absolute Gasteiger partial charge is 0.175 e. The van der Waals surface area contributed by atoms with Crippen LogP contribution < -0.4 is 9.47 Å². The minimum absolute atomic E-state index is 0.0222. The van der Waals surface area contributed by atoms with Crippen LogP contribution in [0, 0.1) is 0 Å². The van der Waals surface area contributed by atoms with E-state index in [2.05, 4.69) is 33.0 Å². The van der Waals surface area contributed by atoms with Gasteiger partial charge >= 0.3 is 0 Å². The maximum absolute atomic E-state index is 13.6. The first kappa shape index (κ1) is 25.8. The normalized spacial score (nSPS) is 18.4. The van der Waals surface area contributed by atoms with Crippen LogP contribution in [0.2, 0.25) is 0 Å². The molecule has 2 aliphatic carbocycles. The number of halogens is 1. The number of carbonyl (C=O) groups excluding carboxylic acids is 2. The molecule has 0 saturated heterocycles. The van der Waals surface area contributed by atoms with Crippen molar-refractivity contribution in [3.8, 4) is 11.5 Å². The molecule has 5 nitrogen and oxygen atoms in total. The lowest BCUT2D eigenvalue weighted by Gasteiger charge is -2.44. The van der Waals surface area contributed by atoms with Gasteiger partial charge in [-0.1, -0.05) is 30.3 Å². The highest BCUT2D eigenvalue weighted by molar-refractivity contribution is 9.10. The molecule has 1 heterocycles. The van der Waals surface area contributed by atoms with Crippen LogP contribution in [0.3, 0.4) is 0 Å². The van der Waals surface area contributed by atoms with Crippen LogP contribution >= 0.6 is 15.9 Å². The van der Waals surface area contributed by atoms with Crippen LogP contribution in [-0.4, -0.2) is 29.2 Å². The number of nitrogens with zero attached hydrogens (tertiary/aromatic N) is 1. The number of benzene rings is 2. The molecular formula is C31H34BrNO4. The maximum Gasteiger partial charge on any atom is 0.175 e. The summed E-state index contributed by atoms with van der Waals surface area (Å²) >= 11 is 3.71. The van der Waals surface area contributed by atoms with E-state index in [0.29, 0.717) is 37.5 Å². The molecule has 1 aliphatic heterocycles. The highest BCUT2D eigenvalue weighted by Crippen LogP contribution is 2.51. The Morgan fingerprint density at radius 2 is 1.57 bits per heavy atom. The highest BCUT2D eigenvalue weighted by Gasteiger charge is 2.43. The number of hydrogen-bond donors (Lipinski definition) is 0. The first-order valence-corrected chi connectivity index (χ1v) is 14.1. The third kappa shape index (κ3) is 5.00. The van der Waals surface area contributed by atoms with Gasteiger partial charge < -0.3 is 14.4 Å². The van der Waals surface area contributed by atoms with Crippen LogP contribution in [0.15, 0.2) is 69.5 Å². The molecule has 0 bridgehead atoms. The average Bonchev–Trinajstić information content (AvgIpc) is 2.87. The Balaban J connectivity index is 1.70. The molecule has 0 unspecified atom stereocenters. The van der Waals surface area contributed by atoms with Crippen molar-refractivity contribution >= 4 is 27.5 Å². The summed E-state index contributed by atoms with van der Waals surface area (Å²) < 4.78 is 12.8. The monoisotopic (exact) mass is 563 g/mol. The molecule has 0 aromatic heterocycles. The van der Waals surface area contributed by atoms with E-state index in [9.17, 15) is 9.59 Å². The molecule has 0 spiro atoms. The van der Waals surface area contributed by atoms with Gasteiger partial charge in [-0.15, -0.1) is 0 Å². The van der Waals surface area contributed by atoms with Crippen molar-refractivity contribution in [3.05, 3.63) is 80.6 Å². The summed E-state index contributed by atoms with van der Waals surface area (Å²) in [6.07, 6.45) is 4.35. The van der Waals surface area contributed by atoms with Crippen molar-refractivity contribution in [2.45, 2.75) is 77.9 Å². The zero-order valence-electron chi connectivity index (χ0n) is 21.8. The van der Waals surface area contributed by atoms with Crippen LogP contribution in [0.25, 0.3) is 0 Å². The Morgan fingerprint density at radius 3 is 2.14 bits per heavy atom. The second kappa shape index (κ2) is 10.9. The van der Waals surface area contributed by atoms with Gasteiger partial charge in [0.05, 0.1) is 17.2 Å². The number of hydrogen-bond acceptors (Lipinski definition) is 5. The summed E-state index contributed by atoms with van der Waals surface area (Å²) in [6, 6.07) is 14.3. The van der Waals surface area contributed by atoms with Gasteiger partial charge in [-0.05, 0) is 85.6 Å². The summed E-state index contributed by atoms with van der Waals surface area (Å²) in [4.78, 5) is 29.5. The zero-order valence-corrected chi connectivity index (χ0v) is 23.4. The molecule has 37 heavy (non-hydrogen) atoms. The number of rotatable bonds is 7. The van der Waals surface area contributed by atoms with Gasteiger partial charge in [0.1, 0.15) is 0 Å². The van der Waals surface area contributed by atoms with Crippen molar-refractivity contribution in [2.24, 2.45) is 0 Å². The molecule has 194 valence electrons. The van der Waals surface area contributed by atoms with Crippen molar-refractivity contribution < 1.29 is 19.1 Å². The molecule has 0 N–H and O–H groups in total. The van der Waals surface area contributed by atoms with Crippen LogP contribution in [0.5, 0.6) is 11.5 Å². The lowest BCUT2D eigenvalue weighted by atomic mass is 9.71. The van der Waals surface area contributed by atoms with Crippen molar-refractivity contribution in [3.63, 3.8) is 0 Å². The van der Waals surface area contributed by atoms with Gasteiger partial charge in [-0.2, -0.15) is 0 Å². The molecule has 0 radical (unpaired) electrons. The van der Waals surface area contributed by atoms with Crippen molar-refractivity contribution in [1.29, 1.82) is 0 Å². The van der Waals surface area contributed by atoms with Gasteiger partial charge in [0.25, 0.3) is 0 Å². The lowest BCUT2D eigenvalue weighted by molar-refractivity contribution is -0.117. The number of allylic oxidation sites excluding steroid dienone is 4. The maximum atomic E-state index is 13.6. The largest absolute Gasteiger partial charge is 0.490 e. The van der Waals surface area contributed by atoms with E-state index in [-0.39, 0.29) is 23.6 Å². The Kier molecular flexibility index (Phi) is 7.57. The third-order valence-corrected chi connectivity index (χ3v) is 7.88. The van der Waals surface area contributed by atoms with E-state index in [1.165, 1.54) is 5.56 Å². The molecule has 0 saturated carbocycles. The highest BCUT2D eigenvalue weighted by atomic mass is 79.9. The van der Waals surface area contributed by atoms with Crippen LogP contribution in [0.1, 0.15) is 76.3 Å². The van der Waals surface area contributed by atoms with E-state index in [4.69, 9.17) is 9.47 Å². The van der Waals surface area contributed by atoms with E-state index in [1.54, 1.807) is 0 Å². The zero-order chi connectivity index (χ0) is 26.1. The summed E-state index contributed by atoms with van der Waals surface area (Å²) in [7, 11) is 0. The SMILES string of the molecule is CCOc1cc(C2C3=C(CCCC3=O)N(Cc3ccccc3)C3=C2C(=O)CCC3)cc(Br)c1OC(C)C. The van der Waals surface area contributed by atoms with Crippen LogP contribution in [0.4, 0.5) is 0 Å². The molecular weight excluding hydrogens is 530 g/mol. The first-order valence-electron chi connectivity index (χ1n) is 13.4. The lowest BCUT2D eigenvalue weighted by Crippen LogP contribution is -2.38. The molecule has 0 fully saturated rings. The fourth-order valence-corrected chi connectivity index (χ4v) is 6.43. The molecule has 6 heteroatoms. The molecule has 0 amide bonds. The molecule has 0 atom stereocenters. The molecule has 5 rings (SSSR count). The predicted octanol–water partition coefficient (Wildman–Crippen LogP) is 7.25. The summed E-state index contributed by atoms with van der Waals surface area (Å²) in [6.45, 7) is 7.06. The Morgan fingerprint density at radius 1 is 0.946 bits per heavy atom. The summed E-state index contributed by atoms with van der Waals surface area (Å²) in [5.74, 6) is 1.18. The second-order valence-corrected chi connectivity index (χ2v) is 11.1. The Hall–Kier alpha value is -2.86. The molecule has 2 aromatic carbocycles. The minimum atomic E-state index is -0.388. The third-order valence-electron chi connectivity index (χ3n) is 7.29. The summed E-state index contributed by atoms with van der Waals surface area (Å²) in [5, 5.41) is 0. The summed E-state index contributed by atoms with van der Waals surface area (Å²) in [5.41, 5.74) is 5.79. The Labute approximate surface area is 227 Å². The molecule has 3 aliphatic rings. The Bertz CT molecular complexity index is 1230. The van der Waals surface area contributed by atoms with Crippen molar-refractivity contribution in [1.82, 2.24) is 4.90 Å². The second-order valence-electron chi connectivity index (χ2n) is 10.2. The van der Waals surface area contributed by atoms with Gasteiger partial charge in [-0.3, -0.25) is 9.59 Å². The van der Waals surface area contributed by atoms with E-state index in [1.807, 2.05) is 51.1 Å². The fourth-order valence-electron chi connectivity index (χ4n) is 5.87. The predicted molar refractivity (Wildman–Crippen MR) is 148 cm³/mol. The minimum Gasteiger partial charge on any atom is -0.490 e. The van der Waals surface area contributed by atoms with Gasteiger partial charge in [-0.25, -0.2) is 0 Å². The standard InChI is InChI=1S/C31H34BrNO4/c1-4-36-27-17-21(16-22(32)31(27)37-19(2)3)28-29-23(12-8-14-25(29)34)33(18-20-10-6-5-7-11-20)24-13-9-15-26(35)30(24)28/h5-7,10-11,16-17,19,28H,4,8-9,12-15,18H2,1-3H3. The van der Waals surface area contributed by atoms with Gasteiger partial charge in [0, 0.05) is 47.8 Å².